The summed E-state index contributed by atoms with van der Waals surface area (Å²) < 4.78 is 23.0. The highest BCUT2D eigenvalue weighted by molar-refractivity contribution is 7.96. The molecule has 1 unspecified atom stereocenters. The molecule has 3 amide bonds. The highest BCUT2D eigenvalue weighted by Gasteiger charge is 2.26. The lowest BCUT2D eigenvalue weighted by Gasteiger charge is -2.16. The minimum atomic E-state index is -0.347. The van der Waals surface area contributed by atoms with Gasteiger partial charge in [-0.3, -0.25) is 14.8 Å². The smallest absolute Gasteiger partial charge is 0.324 e. The van der Waals surface area contributed by atoms with E-state index in [2.05, 4.69) is 10.0 Å². The van der Waals surface area contributed by atoms with E-state index >= 15 is 0 Å². The lowest BCUT2D eigenvalue weighted by Crippen LogP contribution is -2.27. The van der Waals surface area contributed by atoms with E-state index in [4.69, 9.17) is 4.74 Å². The normalized spacial score (nSPS) is 17.0. The molecule has 1 saturated heterocycles. The zero-order valence-corrected chi connectivity index (χ0v) is 18.2. The number of halogens is 1. The van der Waals surface area contributed by atoms with Gasteiger partial charge in [0.1, 0.15) is 6.54 Å². The minimum absolute atomic E-state index is 0.0244. The molecule has 0 radical (unpaired) electrons. The van der Waals surface area contributed by atoms with E-state index in [-0.39, 0.29) is 30.3 Å². The van der Waals surface area contributed by atoms with Crippen LogP contribution in [-0.2, 0) is 17.1 Å². The Balaban J connectivity index is 1.28. The number of carbonyl (C=O) groups is 2. The lowest BCUT2D eigenvalue weighted by molar-refractivity contribution is -0.118. The van der Waals surface area contributed by atoms with Crippen molar-refractivity contribution in [1.82, 2.24) is 14.9 Å². The van der Waals surface area contributed by atoms with E-state index in [1.54, 1.807) is 24.1 Å². The van der Waals surface area contributed by atoms with Crippen molar-refractivity contribution in [3.05, 3.63) is 65.0 Å². The van der Waals surface area contributed by atoms with Crippen molar-refractivity contribution in [3.8, 4) is 5.75 Å². The maximum Gasteiger partial charge on any atom is 0.324 e. The topological polar surface area (TPSA) is 70.7 Å². The van der Waals surface area contributed by atoms with Gasteiger partial charge >= 0.3 is 6.03 Å². The maximum atomic E-state index is 14.0. The first-order valence-corrected chi connectivity index (χ1v) is 11.4. The number of nitrogens with one attached hydrogen (secondary N) is 2. The maximum absolute atomic E-state index is 14.0. The van der Waals surface area contributed by atoms with Crippen LogP contribution in [0.3, 0.4) is 0 Å². The van der Waals surface area contributed by atoms with Crippen LogP contribution in [0.15, 0.2) is 42.5 Å². The Morgan fingerprint density at radius 3 is 2.77 bits per heavy atom. The largest absolute Gasteiger partial charge is 0.490 e. The monoisotopic (exact) mass is 443 g/mol. The van der Waals surface area contributed by atoms with Crippen molar-refractivity contribution in [2.24, 2.45) is 5.92 Å². The average molecular weight is 444 g/mol. The van der Waals surface area contributed by atoms with Crippen LogP contribution in [0.1, 0.15) is 42.5 Å². The Morgan fingerprint density at radius 1 is 1.23 bits per heavy atom. The molecule has 164 valence electrons. The van der Waals surface area contributed by atoms with Crippen molar-refractivity contribution in [2.45, 2.75) is 38.1 Å². The summed E-state index contributed by atoms with van der Waals surface area (Å²) in [6, 6.07) is 12.7. The average Bonchev–Trinajstić information content (AvgIpc) is 3.52. The van der Waals surface area contributed by atoms with Crippen LogP contribution in [0.2, 0.25) is 0 Å². The van der Waals surface area contributed by atoms with Gasteiger partial charge in [0, 0.05) is 18.3 Å². The second-order valence-corrected chi connectivity index (χ2v) is 8.91. The van der Waals surface area contributed by atoms with Crippen molar-refractivity contribution >= 4 is 23.9 Å². The molecular formula is C23H26FN3O3S. The summed E-state index contributed by atoms with van der Waals surface area (Å²) in [5.41, 5.74) is 3.06. The SMILES string of the molecule is CC(NSCc1cccc(CN2CC(=O)NC2=O)c1)c1ccc(F)c(OCC2CC2)c1. The van der Waals surface area contributed by atoms with Gasteiger partial charge in [0.05, 0.1) is 6.61 Å². The number of hydrogen-bond donors (Lipinski definition) is 2. The van der Waals surface area contributed by atoms with Crippen molar-refractivity contribution in [1.29, 1.82) is 0 Å². The molecule has 1 atom stereocenters. The van der Waals surface area contributed by atoms with E-state index in [0.717, 1.165) is 22.4 Å². The third-order valence-electron chi connectivity index (χ3n) is 5.36. The number of carbonyl (C=O) groups excluding carboxylic acids is 2. The minimum Gasteiger partial charge on any atom is -0.490 e. The van der Waals surface area contributed by atoms with Crippen LogP contribution in [0, 0.1) is 11.7 Å². The standard InChI is InChI=1S/C23H26FN3O3S/c1-15(19-7-8-20(24)21(10-19)30-13-16-5-6-16)26-31-14-18-4-2-3-17(9-18)11-27-12-22(28)25-23(27)29/h2-4,7-10,15-16,26H,5-6,11-14H2,1H3,(H,25,28,29). The summed E-state index contributed by atoms with van der Waals surface area (Å²) in [7, 11) is 0. The van der Waals surface area contributed by atoms with E-state index in [9.17, 15) is 14.0 Å². The van der Waals surface area contributed by atoms with Gasteiger partial charge in [0.25, 0.3) is 0 Å². The van der Waals surface area contributed by atoms with Crippen LogP contribution >= 0.6 is 11.9 Å². The summed E-state index contributed by atoms with van der Waals surface area (Å²) in [5.74, 6) is 1.03. The first-order chi connectivity index (χ1) is 15.0. The molecule has 0 spiro atoms. The molecule has 1 saturated carbocycles. The molecule has 1 aliphatic carbocycles. The molecule has 0 bridgehead atoms. The van der Waals surface area contributed by atoms with Crippen molar-refractivity contribution in [3.63, 3.8) is 0 Å². The first kappa shape index (κ1) is 21.6. The Hall–Kier alpha value is -2.58. The first-order valence-electron chi connectivity index (χ1n) is 10.4. The fourth-order valence-electron chi connectivity index (χ4n) is 3.36. The Morgan fingerprint density at radius 2 is 2.03 bits per heavy atom. The fraction of sp³-hybridized carbons (Fsp3) is 0.391. The van der Waals surface area contributed by atoms with Gasteiger partial charge in [-0.25, -0.2) is 9.18 Å². The number of rotatable bonds is 10. The number of urea groups is 1. The van der Waals surface area contributed by atoms with E-state index in [0.29, 0.717) is 24.8 Å². The van der Waals surface area contributed by atoms with Crippen LogP contribution < -0.4 is 14.8 Å². The quantitative estimate of drug-likeness (QED) is 0.426. The number of benzene rings is 2. The van der Waals surface area contributed by atoms with Crippen molar-refractivity contribution in [2.75, 3.05) is 13.2 Å². The molecule has 2 aliphatic rings. The number of nitrogens with zero attached hydrogens (tertiary/aromatic N) is 1. The molecule has 2 fully saturated rings. The van der Waals surface area contributed by atoms with E-state index < -0.39 is 0 Å². The van der Waals surface area contributed by atoms with Crippen LogP contribution in [0.5, 0.6) is 5.75 Å². The molecular weight excluding hydrogens is 417 g/mol. The van der Waals surface area contributed by atoms with Crippen molar-refractivity contribution < 1.29 is 18.7 Å². The lowest BCUT2D eigenvalue weighted by atomic mass is 10.1. The van der Waals surface area contributed by atoms with E-state index in [1.165, 1.54) is 23.8 Å². The number of imide groups is 1. The summed E-state index contributed by atoms with van der Waals surface area (Å²) in [6.45, 7) is 3.12. The third kappa shape index (κ3) is 5.98. The zero-order chi connectivity index (χ0) is 21.8. The highest BCUT2D eigenvalue weighted by atomic mass is 32.2. The number of amides is 3. The molecule has 2 aromatic carbocycles. The molecule has 0 aromatic heterocycles. The molecule has 1 aliphatic heterocycles. The predicted octanol–water partition coefficient (Wildman–Crippen LogP) is 4.17. The molecule has 6 nitrogen and oxygen atoms in total. The Kier molecular flexibility index (Phi) is 6.77. The van der Waals surface area contributed by atoms with Gasteiger partial charge in [-0.05, 0) is 54.5 Å². The van der Waals surface area contributed by atoms with Gasteiger partial charge in [0.15, 0.2) is 11.6 Å². The molecule has 1 heterocycles. The van der Waals surface area contributed by atoms with Gasteiger partial charge in [-0.2, -0.15) is 0 Å². The summed E-state index contributed by atoms with van der Waals surface area (Å²) >= 11 is 1.57. The second-order valence-electron chi connectivity index (χ2n) is 8.10. The fourth-order valence-corrected chi connectivity index (χ4v) is 4.17. The Bertz CT molecular complexity index is 967. The Labute approximate surface area is 185 Å². The van der Waals surface area contributed by atoms with E-state index in [1.807, 2.05) is 31.2 Å². The highest BCUT2D eigenvalue weighted by Crippen LogP contribution is 2.31. The van der Waals surface area contributed by atoms with Gasteiger partial charge in [-0.1, -0.05) is 42.3 Å². The number of hydrogen-bond acceptors (Lipinski definition) is 5. The molecule has 2 N–H and O–H groups in total. The number of ether oxygens (including phenoxy) is 1. The summed E-state index contributed by atoms with van der Waals surface area (Å²) in [4.78, 5) is 24.6. The summed E-state index contributed by atoms with van der Waals surface area (Å²) in [6.07, 6.45) is 2.33. The van der Waals surface area contributed by atoms with Gasteiger partial charge in [-0.15, -0.1) is 0 Å². The van der Waals surface area contributed by atoms with Crippen LogP contribution in [0.25, 0.3) is 0 Å². The zero-order valence-electron chi connectivity index (χ0n) is 17.4. The predicted molar refractivity (Wildman–Crippen MR) is 118 cm³/mol. The second kappa shape index (κ2) is 9.70. The molecule has 4 rings (SSSR count). The molecule has 2 aromatic rings. The molecule has 31 heavy (non-hydrogen) atoms. The van der Waals surface area contributed by atoms with Gasteiger partial charge in [0.2, 0.25) is 5.91 Å². The van der Waals surface area contributed by atoms with Crippen LogP contribution in [0.4, 0.5) is 9.18 Å². The van der Waals surface area contributed by atoms with Crippen LogP contribution in [-0.4, -0.2) is 30.0 Å². The van der Waals surface area contributed by atoms with Gasteiger partial charge < -0.3 is 9.64 Å². The third-order valence-corrected chi connectivity index (χ3v) is 6.36. The summed E-state index contributed by atoms with van der Waals surface area (Å²) in [5, 5.41) is 2.29. The molecule has 8 heteroatoms.